The third-order valence-electron chi connectivity index (χ3n) is 5.94. The predicted molar refractivity (Wildman–Crippen MR) is 139 cm³/mol. The van der Waals surface area contributed by atoms with E-state index in [0.717, 1.165) is 17.1 Å². The Morgan fingerprint density at radius 1 is 1.03 bits per heavy atom. The van der Waals surface area contributed by atoms with Crippen LogP contribution in [0.15, 0.2) is 83.4 Å². The number of nitrogen functional groups attached to an aromatic ring is 1. The minimum Gasteiger partial charge on any atom is -0.460 e. The van der Waals surface area contributed by atoms with Gasteiger partial charge in [0.25, 0.3) is 5.91 Å². The van der Waals surface area contributed by atoms with Crippen molar-refractivity contribution in [3.8, 4) is 28.9 Å². The van der Waals surface area contributed by atoms with E-state index in [2.05, 4.69) is 21.6 Å². The summed E-state index contributed by atoms with van der Waals surface area (Å²) in [5.41, 5.74) is 9.64. The fraction of sp³-hybridized carbons (Fsp3) is 0.143. The highest BCUT2D eigenvalue weighted by Crippen LogP contribution is 2.26. The van der Waals surface area contributed by atoms with Gasteiger partial charge in [-0.25, -0.2) is 9.36 Å². The van der Waals surface area contributed by atoms with Crippen LogP contribution in [-0.2, 0) is 6.42 Å². The summed E-state index contributed by atoms with van der Waals surface area (Å²) in [7, 11) is 0. The van der Waals surface area contributed by atoms with Gasteiger partial charge in [-0.05, 0) is 56.2 Å². The van der Waals surface area contributed by atoms with Gasteiger partial charge in [-0.1, -0.05) is 36.4 Å². The maximum absolute atomic E-state index is 13.2. The second-order valence-corrected chi connectivity index (χ2v) is 8.51. The number of hydrogen-bond acceptors (Lipinski definition) is 6. The summed E-state index contributed by atoms with van der Waals surface area (Å²) in [4.78, 5) is 13.2. The van der Waals surface area contributed by atoms with Gasteiger partial charge in [0.2, 0.25) is 0 Å². The molecule has 0 atom stereocenters. The monoisotopic (exact) mass is 491 g/mol. The van der Waals surface area contributed by atoms with Gasteiger partial charge in [-0.15, -0.1) is 0 Å². The zero-order chi connectivity index (χ0) is 25.8. The Labute approximate surface area is 213 Å². The third kappa shape index (κ3) is 4.86. The maximum atomic E-state index is 13.2. The smallest absolute Gasteiger partial charge is 0.255 e. The van der Waals surface area contributed by atoms with Crippen LogP contribution in [0, 0.1) is 18.3 Å². The van der Waals surface area contributed by atoms with Gasteiger partial charge in [0.1, 0.15) is 28.9 Å². The number of anilines is 1. The first-order valence-corrected chi connectivity index (χ1v) is 11.9. The molecule has 0 spiro atoms. The Morgan fingerprint density at radius 2 is 1.73 bits per heavy atom. The number of para-hydroxylation sites is 2. The molecule has 5 aromatic rings. The summed E-state index contributed by atoms with van der Waals surface area (Å²) >= 11 is 0. The van der Waals surface area contributed by atoms with Gasteiger partial charge >= 0.3 is 0 Å². The third-order valence-corrected chi connectivity index (χ3v) is 5.94. The molecule has 184 valence electrons. The van der Waals surface area contributed by atoms with E-state index in [0.29, 0.717) is 53.5 Å². The van der Waals surface area contributed by atoms with E-state index >= 15 is 0 Å². The highest BCUT2D eigenvalue weighted by Gasteiger charge is 2.21. The van der Waals surface area contributed by atoms with E-state index in [-0.39, 0.29) is 5.91 Å². The molecule has 0 unspecified atom stereocenters. The van der Waals surface area contributed by atoms with Crippen LogP contribution in [0.4, 0.5) is 5.82 Å². The number of hydrogen-bond donors (Lipinski definition) is 2. The normalized spacial score (nSPS) is 10.8. The van der Waals surface area contributed by atoms with E-state index in [9.17, 15) is 10.1 Å². The highest BCUT2D eigenvalue weighted by molar-refractivity contribution is 5.99. The van der Waals surface area contributed by atoms with Crippen molar-refractivity contribution >= 4 is 11.7 Å². The van der Waals surface area contributed by atoms with Crippen LogP contribution in [-0.4, -0.2) is 32.0 Å². The molecule has 37 heavy (non-hydrogen) atoms. The first-order chi connectivity index (χ1) is 18.0. The van der Waals surface area contributed by atoms with Crippen LogP contribution < -0.4 is 11.1 Å². The van der Waals surface area contributed by atoms with E-state index in [1.165, 1.54) is 0 Å². The lowest BCUT2D eigenvalue weighted by Crippen LogP contribution is -2.25. The van der Waals surface area contributed by atoms with Gasteiger partial charge < -0.3 is 15.5 Å². The highest BCUT2D eigenvalue weighted by atomic mass is 16.3. The van der Waals surface area contributed by atoms with Crippen molar-refractivity contribution in [3.63, 3.8) is 0 Å². The van der Waals surface area contributed by atoms with Gasteiger partial charge in [-0.3, -0.25) is 4.79 Å². The quantitative estimate of drug-likeness (QED) is 0.309. The molecule has 3 heterocycles. The van der Waals surface area contributed by atoms with Crippen LogP contribution in [0.5, 0.6) is 0 Å². The Morgan fingerprint density at radius 3 is 2.38 bits per heavy atom. The largest absolute Gasteiger partial charge is 0.460 e. The summed E-state index contributed by atoms with van der Waals surface area (Å²) in [5.74, 6) is 1.30. The average Bonchev–Trinajstić information content (AvgIpc) is 3.64. The van der Waals surface area contributed by atoms with Crippen molar-refractivity contribution < 1.29 is 9.21 Å². The molecule has 1 amide bonds. The standard InChI is InChI=1S/C28H25N7O2/c1-19-14-15-25(37-19)26-23(18-34(33-26)20-9-4-2-5-10-20)28(36)31-16-8-13-24-22(17-29)27(30)35(32-24)21-11-6-3-7-12-21/h2-7,9-12,14-15,18H,8,13,16,30H2,1H3,(H,31,36). The zero-order valence-electron chi connectivity index (χ0n) is 20.3. The van der Waals surface area contributed by atoms with Crippen LogP contribution in [0.1, 0.15) is 33.8 Å². The lowest BCUT2D eigenvalue weighted by molar-refractivity contribution is 0.0953. The van der Waals surface area contributed by atoms with Crippen molar-refractivity contribution in [2.75, 3.05) is 12.3 Å². The first-order valence-electron chi connectivity index (χ1n) is 11.9. The number of rotatable bonds is 8. The van der Waals surface area contributed by atoms with Crippen LogP contribution in [0.2, 0.25) is 0 Å². The SMILES string of the molecule is Cc1ccc(-c2nn(-c3ccccc3)cc2C(=O)NCCCc2nn(-c3ccccc3)c(N)c2C#N)o1. The number of nitrogens with zero attached hydrogens (tertiary/aromatic N) is 5. The number of nitrogens with two attached hydrogens (primary N) is 1. The van der Waals surface area contributed by atoms with Gasteiger partial charge in [0.05, 0.1) is 22.6 Å². The molecule has 9 nitrogen and oxygen atoms in total. The minimum absolute atomic E-state index is 0.263. The van der Waals surface area contributed by atoms with Crippen LogP contribution >= 0.6 is 0 Å². The number of carbonyl (C=O) groups excluding carboxylic acids is 1. The number of aromatic nitrogens is 4. The molecule has 5 rings (SSSR count). The predicted octanol–water partition coefficient (Wildman–Crippen LogP) is 4.44. The molecule has 0 aliphatic heterocycles. The summed E-state index contributed by atoms with van der Waals surface area (Å²) in [6, 6.07) is 24.8. The number of furan rings is 1. The van der Waals surface area contributed by atoms with Gasteiger partial charge in [0, 0.05) is 12.7 Å². The zero-order valence-corrected chi connectivity index (χ0v) is 20.3. The molecule has 0 radical (unpaired) electrons. The number of carbonyl (C=O) groups is 1. The molecule has 0 saturated heterocycles. The maximum Gasteiger partial charge on any atom is 0.255 e. The van der Waals surface area contributed by atoms with Crippen molar-refractivity contribution in [1.29, 1.82) is 5.26 Å². The Hall–Kier alpha value is -5.10. The summed E-state index contributed by atoms with van der Waals surface area (Å²) in [6.07, 6.45) is 2.77. The Bertz CT molecular complexity index is 1570. The molecule has 0 bridgehead atoms. The fourth-order valence-corrected chi connectivity index (χ4v) is 4.09. The molecule has 3 N–H and O–H groups in total. The molecule has 0 aliphatic rings. The summed E-state index contributed by atoms with van der Waals surface area (Å²) in [5, 5.41) is 21.8. The molecule has 3 aromatic heterocycles. The average molecular weight is 492 g/mol. The summed E-state index contributed by atoms with van der Waals surface area (Å²) in [6.45, 7) is 2.23. The molecular weight excluding hydrogens is 466 g/mol. The Kier molecular flexibility index (Phi) is 6.55. The van der Waals surface area contributed by atoms with Gasteiger partial charge in [0.15, 0.2) is 5.76 Å². The first kappa shape index (κ1) is 23.6. The second kappa shape index (κ2) is 10.3. The molecule has 0 aliphatic carbocycles. The van der Waals surface area contributed by atoms with Crippen molar-refractivity contribution in [2.24, 2.45) is 0 Å². The van der Waals surface area contributed by atoms with E-state index in [4.69, 9.17) is 10.2 Å². The number of amides is 1. The van der Waals surface area contributed by atoms with Gasteiger partial charge in [-0.2, -0.15) is 15.5 Å². The number of nitriles is 1. The Balaban J connectivity index is 1.30. The lowest BCUT2D eigenvalue weighted by atomic mass is 10.1. The number of nitrogens with one attached hydrogen (secondary N) is 1. The van der Waals surface area contributed by atoms with Crippen LogP contribution in [0.25, 0.3) is 22.8 Å². The van der Waals surface area contributed by atoms with E-state index in [1.54, 1.807) is 21.6 Å². The number of benzene rings is 2. The lowest BCUT2D eigenvalue weighted by Gasteiger charge is -2.04. The topological polar surface area (TPSA) is 128 Å². The molecule has 0 fully saturated rings. The number of aryl methyl sites for hydroxylation is 2. The fourth-order valence-electron chi connectivity index (χ4n) is 4.09. The second-order valence-electron chi connectivity index (χ2n) is 8.51. The van der Waals surface area contributed by atoms with Crippen molar-refractivity contribution in [1.82, 2.24) is 24.9 Å². The molecule has 9 heteroatoms. The van der Waals surface area contributed by atoms with Crippen LogP contribution in [0.3, 0.4) is 0 Å². The van der Waals surface area contributed by atoms with Crippen molar-refractivity contribution in [3.05, 3.63) is 102 Å². The minimum atomic E-state index is -0.263. The summed E-state index contributed by atoms with van der Waals surface area (Å²) < 4.78 is 9.00. The van der Waals surface area contributed by atoms with E-state index in [1.807, 2.05) is 73.7 Å². The molecule has 2 aromatic carbocycles. The van der Waals surface area contributed by atoms with Crippen molar-refractivity contribution in [2.45, 2.75) is 19.8 Å². The molecule has 0 saturated carbocycles. The molecular formula is C28H25N7O2. The van der Waals surface area contributed by atoms with E-state index < -0.39 is 0 Å².